The van der Waals surface area contributed by atoms with Crippen LogP contribution in [0.4, 0.5) is 0 Å². The van der Waals surface area contributed by atoms with Crippen molar-refractivity contribution in [3.8, 4) is 33.4 Å². The number of rotatable bonds is 2. The van der Waals surface area contributed by atoms with Gasteiger partial charge in [0.15, 0.2) is 0 Å². The molecule has 0 fully saturated rings. The molecule has 0 unspecified atom stereocenters. The first kappa shape index (κ1) is 21.1. The number of benzene rings is 7. The quantitative estimate of drug-likeness (QED) is 0.207. The lowest BCUT2D eigenvalue weighted by molar-refractivity contribution is 0.669. The molecule has 1 nitrogen and oxygen atoms in total. The second-order valence-electron chi connectivity index (χ2n) is 10.4. The van der Waals surface area contributed by atoms with Gasteiger partial charge in [-0.15, -0.1) is 0 Å². The fourth-order valence-corrected chi connectivity index (χ4v) is 7.36. The van der Waals surface area contributed by atoms with E-state index in [0.717, 1.165) is 49.4 Å². The van der Waals surface area contributed by atoms with Gasteiger partial charge in [-0.1, -0.05) is 103 Å². The van der Waals surface area contributed by atoms with Gasteiger partial charge >= 0.3 is 0 Å². The van der Waals surface area contributed by atoms with Gasteiger partial charge in [0.2, 0.25) is 0 Å². The fraction of sp³-hybridized carbons (Fsp3) is 0. The highest BCUT2D eigenvalue weighted by molar-refractivity contribution is 7.99. The van der Waals surface area contributed by atoms with Crippen molar-refractivity contribution in [2.45, 2.75) is 9.79 Å². The highest BCUT2D eigenvalue weighted by atomic mass is 32.2. The van der Waals surface area contributed by atoms with E-state index in [1.54, 1.807) is 0 Å². The molecule has 0 N–H and O–H groups in total. The normalized spacial score (nSPS) is 12.8. The van der Waals surface area contributed by atoms with Crippen LogP contribution in [0.15, 0.2) is 148 Å². The average Bonchev–Trinajstić information content (AvgIpc) is 3.40. The summed E-state index contributed by atoms with van der Waals surface area (Å²) >= 11 is 1.81. The Morgan fingerprint density at radius 3 is 2.15 bits per heavy atom. The van der Waals surface area contributed by atoms with Gasteiger partial charge < -0.3 is 4.42 Å². The van der Waals surface area contributed by atoms with Crippen LogP contribution in [-0.4, -0.2) is 0 Å². The molecular weight excluding hydrogens is 504 g/mol. The number of fused-ring (bicyclic) bond motifs is 7. The van der Waals surface area contributed by atoms with Crippen molar-refractivity contribution in [3.05, 3.63) is 133 Å². The Bertz CT molecular complexity index is 2350. The van der Waals surface area contributed by atoms with Gasteiger partial charge in [-0.05, 0) is 92.0 Å². The van der Waals surface area contributed by atoms with E-state index in [0.29, 0.717) is 6.04 Å². The molecule has 40 heavy (non-hydrogen) atoms. The Morgan fingerprint density at radius 2 is 1.20 bits per heavy atom. The van der Waals surface area contributed by atoms with Crippen molar-refractivity contribution in [2.75, 3.05) is 0 Å². The van der Waals surface area contributed by atoms with E-state index in [4.69, 9.17) is 4.42 Å². The second-order valence-corrected chi connectivity index (χ2v) is 11.5. The van der Waals surface area contributed by atoms with Gasteiger partial charge in [-0.25, -0.2) is 0 Å². The molecule has 8 aromatic rings. The molecule has 9 rings (SSSR count). The van der Waals surface area contributed by atoms with E-state index in [-0.39, 0.29) is 0 Å². The molecule has 0 bridgehead atoms. The van der Waals surface area contributed by atoms with Crippen LogP contribution in [0.25, 0.3) is 76.9 Å². The second kappa shape index (κ2) is 8.35. The lowest BCUT2D eigenvalue weighted by Crippen LogP contribution is -1.95. The smallest absolute Gasteiger partial charge is 0.135 e. The summed E-state index contributed by atoms with van der Waals surface area (Å²) < 4.78 is 15.5. The molecule has 1 aliphatic heterocycles. The van der Waals surface area contributed by atoms with Crippen LogP contribution in [0, 0.1) is 0 Å². The van der Waals surface area contributed by atoms with Crippen molar-refractivity contribution < 1.29 is 5.79 Å². The van der Waals surface area contributed by atoms with E-state index in [1.807, 2.05) is 30.0 Å². The van der Waals surface area contributed by atoms with Gasteiger partial charge in [0.1, 0.15) is 11.2 Å². The van der Waals surface area contributed by atoms with E-state index in [1.165, 1.54) is 37.3 Å². The maximum atomic E-state index is 9.41. The molecule has 7 aromatic carbocycles. The summed E-state index contributed by atoms with van der Waals surface area (Å²) in [5, 5.41) is 6.79. The van der Waals surface area contributed by atoms with Crippen molar-refractivity contribution >= 4 is 55.2 Å². The number of hydrogen-bond acceptors (Lipinski definition) is 2. The molecule has 0 atom stereocenters. The third-order valence-corrected chi connectivity index (χ3v) is 9.25. The van der Waals surface area contributed by atoms with Crippen LogP contribution in [0.5, 0.6) is 0 Å². The summed E-state index contributed by atoms with van der Waals surface area (Å²) in [5.74, 6) is 0. The summed E-state index contributed by atoms with van der Waals surface area (Å²) in [7, 11) is 0. The van der Waals surface area contributed by atoms with Crippen LogP contribution >= 0.6 is 11.8 Å². The van der Waals surface area contributed by atoms with Crippen LogP contribution in [0.1, 0.15) is 1.37 Å². The van der Waals surface area contributed by atoms with Crippen LogP contribution < -0.4 is 0 Å². The molecule has 2 heterocycles. The molecule has 186 valence electrons. The predicted octanol–water partition coefficient (Wildman–Crippen LogP) is 11.4. The highest BCUT2D eigenvalue weighted by Gasteiger charge is 2.21. The fourth-order valence-electron chi connectivity index (χ4n) is 6.20. The lowest BCUT2D eigenvalue weighted by atomic mass is 9.90. The standard InChI is InChI=1S/C38H22OS/c1-2-7-23(8-3-1)24-13-14-27-21-33-29-17-15-26(22-37(29)40-36-12-6-10-30(38(33)36)31(27)19-24)25-16-18-35-32(20-25)28-9-4-5-11-34(28)39-35/h1-22H/i21D. The molecule has 0 spiro atoms. The lowest BCUT2D eigenvalue weighted by Gasteiger charge is -2.22. The Labute approximate surface area is 237 Å². The van der Waals surface area contributed by atoms with Crippen LogP contribution in [0.3, 0.4) is 0 Å². The maximum Gasteiger partial charge on any atom is 0.135 e. The van der Waals surface area contributed by atoms with Crippen molar-refractivity contribution in [1.82, 2.24) is 0 Å². The molecule has 0 amide bonds. The van der Waals surface area contributed by atoms with Gasteiger partial charge in [0.25, 0.3) is 0 Å². The van der Waals surface area contributed by atoms with Gasteiger partial charge in [-0.2, -0.15) is 0 Å². The minimum absolute atomic E-state index is 0.597. The Balaban J connectivity index is 1.23. The molecule has 0 saturated carbocycles. The van der Waals surface area contributed by atoms with Crippen LogP contribution in [0.2, 0.25) is 0 Å². The minimum Gasteiger partial charge on any atom is -0.456 e. The molecule has 1 aromatic heterocycles. The molecule has 2 heteroatoms. The summed E-state index contributed by atoms with van der Waals surface area (Å²) in [6.07, 6.45) is 0. The predicted molar refractivity (Wildman–Crippen MR) is 169 cm³/mol. The van der Waals surface area contributed by atoms with E-state index >= 15 is 0 Å². The first-order valence-corrected chi connectivity index (χ1v) is 14.3. The zero-order valence-electron chi connectivity index (χ0n) is 22.4. The third kappa shape index (κ3) is 3.23. The van der Waals surface area contributed by atoms with Crippen LogP contribution in [-0.2, 0) is 0 Å². The molecule has 0 radical (unpaired) electrons. The molecule has 0 saturated heterocycles. The average molecular weight is 528 g/mol. The van der Waals surface area contributed by atoms with E-state index in [9.17, 15) is 1.37 Å². The Morgan fingerprint density at radius 1 is 0.475 bits per heavy atom. The van der Waals surface area contributed by atoms with Crippen molar-refractivity contribution in [3.63, 3.8) is 0 Å². The van der Waals surface area contributed by atoms with Gasteiger partial charge in [0.05, 0.1) is 1.37 Å². The molecule has 0 aliphatic carbocycles. The summed E-state index contributed by atoms with van der Waals surface area (Å²) in [6, 6.07) is 45.5. The zero-order chi connectivity index (χ0) is 27.1. The summed E-state index contributed by atoms with van der Waals surface area (Å²) in [4.78, 5) is 2.40. The summed E-state index contributed by atoms with van der Waals surface area (Å²) in [6.45, 7) is 0. The minimum atomic E-state index is 0.597. The van der Waals surface area contributed by atoms with Crippen molar-refractivity contribution in [1.29, 1.82) is 0 Å². The molecule has 1 aliphatic rings. The Hall–Kier alpha value is -4.79. The van der Waals surface area contributed by atoms with Gasteiger partial charge in [-0.3, -0.25) is 0 Å². The monoisotopic (exact) mass is 527 g/mol. The number of para-hydroxylation sites is 1. The van der Waals surface area contributed by atoms with Crippen molar-refractivity contribution in [2.24, 2.45) is 0 Å². The number of hydrogen-bond donors (Lipinski definition) is 0. The van der Waals surface area contributed by atoms with Gasteiger partial charge in [0, 0.05) is 25.9 Å². The first-order chi connectivity index (χ1) is 20.2. The van der Waals surface area contributed by atoms with E-state index < -0.39 is 0 Å². The summed E-state index contributed by atoms with van der Waals surface area (Å²) in [5.41, 5.74) is 8.68. The molecular formula is C38H22OS. The first-order valence-electron chi connectivity index (χ1n) is 14.0. The zero-order valence-corrected chi connectivity index (χ0v) is 22.3. The van der Waals surface area contributed by atoms with E-state index in [2.05, 4.69) is 109 Å². The maximum absolute atomic E-state index is 9.41. The topological polar surface area (TPSA) is 13.1 Å². The largest absolute Gasteiger partial charge is 0.456 e. The number of furan rings is 1. The third-order valence-electron chi connectivity index (χ3n) is 8.13. The Kier molecular flexibility index (Phi) is 4.40. The SMILES string of the molecule is [2H]c1c2c3c(cccc3c3cc(-c4ccccc4)ccc13)Sc1cc(-c3ccc4oc5ccccc5c4c3)ccc1-2. The highest BCUT2D eigenvalue weighted by Crippen LogP contribution is 2.51.